The number of carbonyl (C=O) groups is 1. The van der Waals surface area contributed by atoms with Crippen molar-refractivity contribution in [1.82, 2.24) is 4.31 Å². The second-order valence-electron chi connectivity index (χ2n) is 6.76. The zero-order valence-electron chi connectivity index (χ0n) is 15.9. The maximum Gasteiger partial charge on any atom is 0.258 e. The van der Waals surface area contributed by atoms with Crippen LogP contribution in [0.1, 0.15) is 10.4 Å². The van der Waals surface area contributed by atoms with E-state index in [1.165, 1.54) is 22.9 Å². The topological polar surface area (TPSA) is 101 Å². The minimum absolute atomic E-state index is 0.138. The first-order chi connectivity index (χ1) is 14.1. The van der Waals surface area contributed by atoms with Gasteiger partial charge in [-0.25, -0.2) is 8.42 Å². The molecule has 0 unspecified atom stereocenters. The van der Waals surface area contributed by atoms with Crippen molar-refractivity contribution in [2.75, 3.05) is 62.8 Å². The van der Waals surface area contributed by atoms with Gasteiger partial charge in [-0.1, -0.05) is 0 Å². The lowest BCUT2D eigenvalue weighted by molar-refractivity contribution is 0.0730. The number of anilines is 2. The van der Waals surface area contributed by atoms with Crippen molar-refractivity contribution in [2.45, 2.75) is 4.90 Å². The number of amides is 1. The number of carbonyl (C=O) groups excluding carboxylic acids is 1. The molecular weight excluding hydrogens is 398 g/mol. The van der Waals surface area contributed by atoms with Crippen LogP contribution in [0.2, 0.25) is 0 Å². The van der Waals surface area contributed by atoms with Gasteiger partial charge < -0.3 is 24.1 Å². The third-order valence-corrected chi connectivity index (χ3v) is 6.85. The highest BCUT2D eigenvalue weighted by Crippen LogP contribution is 2.31. The maximum atomic E-state index is 13.1. The molecule has 156 valence electrons. The van der Waals surface area contributed by atoms with Gasteiger partial charge in [0.1, 0.15) is 6.26 Å². The highest BCUT2D eigenvalue weighted by Gasteiger charge is 2.28. The van der Waals surface area contributed by atoms with Gasteiger partial charge in [0.25, 0.3) is 5.91 Å². The van der Waals surface area contributed by atoms with E-state index in [-0.39, 0.29) is 10.8 Å². The Kier molecular flexibility index (Phi) is 5.86. The van der Waals surface area contributed by atoms with Crippen LogP contribution in [-0.2, 0) is 19.5 Å². The highest BCUT2D eigenvalue weighted by molar-refractivity contribution is 7.89. The molecule has 0 atom stereocenters. The molecule has 29 heavy (non-hydrogen) atoms. The first-order valence-electron chi connectivity index (χ1n) is 9.44. The summed E-state index contributed by atoms with van der Waals surface area (Å²) in [7, 11) is -3.68. The van der Waals surface area contributed by atoms with Crippen molar-refractivity contribution in [1.29, 1.82) is 0 Å². The minimum Gasteiger partial charge on any atom is -0.472 e. The van der Waals surface area contributed by atoms with Crippen LogP contribution >= 0.6 is 0 Å². The molecule has 1 aromatic carbocycles. The Labute approximate surface area is 169 Å². The van der Waals surface area contributed by atoms with E-state index in [2.05, 4.69) is 10.2 Å². The van der Waals surface area contributed by atoms with Gasteiger partial charge in [-0.05, 0) is 24.3 Å². The first-order valence-corrected chi connectivity index (χ1v) is 10.9. The number of nitrogens with zero attached hydrogens (tertiary/aromatic N) is 2. The van der Waals surface area contributed by atoms with E-state index in [9.17, 15) is 13.2 Å². The van der Waals surface area contributed by atoms with Crippen molar-refractivity contribution < 1.29 is 27.1 Å². The summed E-state index contributed by atoms with van der Waals surface area (Å²) in [6.07, 6.45) is 2.76. The molecule has 0 radical (unpaired) electrons. The standard InChI is InChI=1S/C19H23N3O6S/c23-19(15-3-8-28-14-15)20-17-13-16(29(24,25)22-6-11-27-12-7-22)1-2-18(17)21-4-9-26-10-5-21/h1-3,8,13-14H,4-7,9-12H2,(H,20,23). The molecule has 0 saturated carbocycles. The van der Waals surface area contributed by atoms with Crippen LogP contribution in [0.3, 0.4) is 0 Å². The summed E-state index contributed by atoms with van der Waals surface area (Å²) in [6, 6.07) is 6.40. The summed E-state index contributed by atoms with van der Waals surface area (Å²) in [5.41, 5.74) is 1.55. The van der Waals surface area contributed by atoms with Gasteiger partial charge in [0.05, 0.1) is 54.5 Å². The largest absolute Gasteiger partial charge is 0.472 e. The number of morpholine rings is 2. The summed E-state index contributed by atoms with van der Waals surface area (Å²) in [5, 5.41) is 2.84. The van der Waals surface area contributed by atoms with E-state index in [4.69, 9.17) is 13.9 Å². The smallest absolute Gasteiger partial charge is 0.258 e. The normalized spacial score (nSPS) is 18.6. The minimum atomic E-state index is -3.68. The fourth-order valence-corrected chi connectivity index (χ4v) is 4.81. The van der Waals surface area contributed by atoms with Crippen molar-refractivity contribution in [2.24, 2.45) is 0 Å². The Morgan fingerprint density at radius 2 is 1.66 bits per heavy atom. The molecule has 10 heteroatoms. The fraction of sp³-hybridized carbons (Fsp3) is 0.421. The number of ether oxygens (including phenoxy) is 2. The lowest BCUT2D eigenvalue weighted by Gasteiger charge is -2.31. The van der Waals surface area contributed by atoms with E-state index in [0.717, 1.165) is 5.69 Å². The summed E-state index contributed by atoms with van der Waals surface area (Å²) in [4.78, 5) is 14.8. The molecule has 1 N–H and O–H groups in total. The van der Waals surface area contributed by atoms with Gasteiger partial charge in [-0.15, -0.1) is 0 Å². The zero-order valence-corrected chi connectivity index (χ0v) is 16.7. The number of furan rings is 1. The van der Waals surface area contributed by atoms with Crippen molar-refractivity contribution >= 4 is 27.3 Å². The summed E-state index contributed by atoms with van der Waals surface area (Å²) < 4.78 is 43.1. The van der Waals surface area contributed by atoms with Crippen LogP contribution in [0.4, 0.5) is 11.4 Å². The van der Waals surface area contributed by atoms with Gasteiger partial charge in [0.15, 0.2) is 0 Å². The average molecular weight is 421 g/mol. The molecule has 2 aliphatic heterocycles. The molecule has 2 fully saturated rings. The number of sulfonamides is 1. The highest BCUT2D eigenvalue weighted by atomic mass is 32.2. The van der Waals surface area contributed by atoms with Gasteiger partial charge in [-0.3, -0.25) is 4.79 Å². The van der Waals surface area contributed by atoms with E-state index in [1.54, 1.807) is 18.2 Å². The molecule has 0 spiro atoms. The number of nitrogens with one attached hydrogen (secondary N) is 1. The van der Waals surface area contributed by atoms with Crippen molar-refractivity contribution in [3.63, 3.8) is 0 Å². The number of rotatable bonds is 5. The molecule has 4 rings (SSSR count). The first kappa shape index (κ1) is 19.9. The summed E-state index contributed by atoms with van der Waals surface area (Å²) >= 11 is 0. The van der Waals surface area contributed by atoms with Crippen molar-refractivity contribution in [3.05, 3.63) is 42.4 Å². The Morgan fingerprint density at radius 3 is 2.31 bits per heavy atom. The fourth-order valence-electron chi connectivity index (χ4n) is 3.38. The monoisotopic (exact) mass is 421 g/mol. The Hall–Kier alpha value is -2.40. The zero-order chi connectivity index (χ0) is 20.3. The molecule has 1 aromatic heterocycles. The van der Waals surface area contributed by atoms with Crippen molar-refractivity contribution in [3.8, 4) is 0 Å². The Morgan fingerprint density at radius 1 is 0.966 bits per heavy atom. The van der Waals surface area contributed by atoms with E-state index in [0.29, 0.717) is 63.9 Å². The van der Waals surface area contributed by atoms with E-state index in [1.807, 2.05) is 0 Å². The predicted molar refractivity (Wildman–Crippen MR) is 106 cm³/mol. The number of hydrogen-bond acceptors (Lipinski definition) is 7. The van der Waals surface area contributed by atoms with Crippen LogP contribution < -0.4 is 10.2 Å². The van der Waals surface area contributed by atoms with Crippen LogP contribution in [0, 0.1) is 0 Å². The molecule has 0 aliphatic carbocycles. The van der Waals surface area contributed by atoms with Gasteiger partial charge >= 0.3 is 0 Å². The van der Waals surface area contributed by atoms with Crippen LogP contribution in [0.25, 0.3) is 0 Å². The average Bonchev–Trinajstić information content (AvgIpc) is 3.30. The van der Waals surface area contributed by atoms with E-state index >= 15 is 0 Å². The van der Waals surface area contributed by atoms with E-state index < -0.39 is 10.0 Å². The number of hydrogen-bond donors (Lipinski definition) is 1. The van der Waals surface area contributed by atoms with Gasteiger partial charge in [-0.2, -0.15) is 4.31 Å². The molecular formula is C19H23N3O6S. The lowest BCUT2D eigenvalue weighted by atomic mass is 10.2. The molecule has 3 heterocycles. The van der Waals surface area contributed by atoms with Gasteiger partial charge in [0, 0.05) is 26.2 Å². The molecule has 9 nitrogen and oxygen atoms in total. The Bertz CT molecular complexity index is 948. The lowest BCUT2D eigenvalue weighted by Crippen LogP contribution is -2.40. The molecule has 2 aliphatic rings. The molecule has 2 aromatic rings. The predicted octanol–water partition coefficient (Wildman–Crippen LogP) is 1.39. The SMILES string of the molecule is O=C(Nc1cc(S(=O)(=O)N2CCOCC2)ccc1N1CCOCC1)c1ccoc1. The molecule has 0 bridgehead atoms. The van der Waals surface area contributed by atoms with Crippen LogP contribution in [0.15, 0.2) is 46.1 Å². The molecule has 1 amide bonds. The van der Waals surface area contributed by atoms with Crippen LogP contribution in [-0.4, -0.2) is 71.2 Å². The second-order valence-corrected chi connectivity index (χ2v) is 8.70. The summed E-state index contributed by atoms with van der Waals surface area (Å²) in [5.74, 6) is -0.367. The van der Waals surface area contributed by atoms with Gasteiger partial charge in [0.2, 0.25) is 10.0 Å². The summed E-state index contributed by atoms with van der Waals surface area (Å²) in [6.45, 7) is 3.82. The van der Waals surface area contributed by atoms with Crippen LogP contribution in [0.5, 0.6) is 0 Å². The maximum absolute atomic E-state index is 13.1. The quantitative estimate of drug-likeness (QED) is 0.778. The third-order valence-electron chi connectivity index (χ3n) is 4.96. The Balaban J connectivity index is 1.68. The molecule has 2 saturated heterocycles. The number of benzene rings is 1. The third kappa shape index (κ3) is 4.30. The second kappa shape index (κ2) is 8.54.